The number of benzene rings is 1. The number of hydrogen-bond donors (Lipinski definition) is 1. The molecule has 2 unspecified atom stereocenters. The van der Waals surface area contributed by atoms with Crippen molar-refractivity contribution >= 4 is 23.2 Å². The van der Waals surface area contributed by atoms with Gasteiger partial charge in [-0.2, -0.15) is 0 Å². The first-order chi connectivity index (χ1) is 15.2. The summed E-state index contributed by atoms with van der Waals surface area (Å²) in [4.78, 5) is 14.8. The van der Waals surface area contributed by atoms with Crippen molar-refractivity contribution in [3.05, 3.63) is 34.3 Å². The topological polar surface area (TPSA) is 35.4 Å². The zero-order valence-corrected chi connectivity index (χ0v) is 19.9. The number of carbonyl (C=O) groups excluding carboxylic acids is 1. The average molecular weight is 445 g/mol. The fourth-order valence-corrected chi connectivity index (χ4v) is 6.11. The number of hydrogen-bond acceptors (Lipinski definition) is 2. The summed E-state index contributed by atoms with van der Waals surface area (Å²) >= 11 is 6.81. The maximum atomic E-state index is 12.9. The maximum Gasteiger partial charge on any atom is 0.253 e. The minimum absolute atomic E-state index is 0.110. The first kappa shape index (κ1) is 22.8. The van der Waals surface area contributed by atoms with Gasteiger partial charge in [0.15, 0.2) is 5.71 Å². The molecule has 5 heteroatoms. The van der Waals surface area contributed by atoms with Crippen molar-refractivity contribution in [2.24, 2.45) is 5.92 Å². The zero-order chi connectivity index (χ0) is 21.6. The molecule has 0 aromatic heterocycles. The highest BCUT2D eigenvalue weighted by molar-refractivity contribution is 6.31. The van der Waals surface area contributed by atoms with Gasteiger partial charge in [0, 0.05) is 61.4 Å². The van der Waals surface area contributed by atoms with Crippen LogP contribution in [0.2, 0.25) is 5.02 Å². The van der Waals surface area contributed by atoms with Crippen LogP contribution in [0.1, 0.15) is 86.6 Å². The highest BCUT2D eigenvalue weighted by Gasteiger charge is 2.37. The van der Waals surface area contributed by atoms with Gasteiger partial charge in [0.05, 0.1) is 0 Å². The van der Waals surface area contributed by atoms with Crippen molar-refractivity contribution in [3.8, 4) is 0 Å². The molecule has 1 aromatic rings. The van der Waals surface area contributed by atoms with E-state index < -0.39 is 0 Å². The zero-order valence-electron chi connectivity index (χ0n) is 19.2. The molecule has 1 aromatic carbocycles. The van der Waals surface area contributed by atoms with E-state index in [9.17, 15) is 4.79 Å². The number of nitrogens with zero attached hydrogens (tertiary/aromatic N) is 2. The van der Waals surface area contributed by atoms with E-state index in [1.807, 2.05) is 17.0 Å². The van der Waals surface area contributed by atoms with Crippen LogP contribution in [-0.4, -0.2) is 60.4 Å². The number of rotatable bonds is 7. The molecule has 2 aliphatic heterocycles. The Morgan fingerprint density at radius 2 is 2.00 bits per heavy atom. The maximum absolute atomic E-state index is 12.9. The minimum atomic E-state index is 0.110. The Bertz CT molecular complexity index is 800. The third-order valence-electron chi connectivity index (χ3n) is 7.50. The van der Waals surface area contributed by atoms with E-state index in [2.05, 4.69) is 22.9 Å². The third-order valence-corrected chi connectivity index (χ3v) is 7.82. The van der Waals surface area contributed by atoms with E-state index in [0.717, 1.165) is 49.2 Å². The van der Waals surface area contributed by atoms with Crippen LogP contribution < -0.4 is 5.32 Å². The van der Waals surface area contributed by atoms with Crippen LogP contribution in [0.25, 0.3) is 0 Å². The molecule has 2 heterocycles. The number of fused-ring (bicyclic) bond motifs is 1. The molecule has 1 saturated heterocycles. The summed E-state index contributed by atoms with van der Waals surface area (Å²) in [5.74, 6) is 1.30. The van der Waals surface area contributed by atoms with Crippen LogP contribution in [0.5, 0.6) is 0 Å². The fourth-order valence-electron chi connectivity index (χ4n) is 5.77. The number of nitrogens with one attached hydrogen (secondary N) is 1. The SMILES string of the molecule is CCCCCC[N+]1=C2CCCCC2CC(c2ccc(C(=O)N3CCNCC3)cc2Cl)C1. The van der Waals surface area contributed by atoms with Gasteiger partial charge in [0.2, 0.25) is 0 Å². The number of amides is 1. The normalized spacial score (nSPS) is 24.3. The standard InChI is InChI=1S/C26H39ClN3O/c1-2-3-4-7-14-30-19-22(17-20-8-5-6-9-25(20)30)23-11-10-21(18-24(23)27)26(31)29-15-12-28-13-16-29/h10-11,18,20,22,28H,2-9,12-17,19H2,1H3/q+1. The fraction of sp³-hybridized carbons (Fsp3) is 0.692. The molecule has 1 aliphatic carbocycles. The molecule has 31 heavy (non-hydrogen) atoms. The second-order valence-corrected chi connectivity index (χ2v) is 10.1. The molecule has 2 atom stereocenters. The minimum Gasteiger partial charge on any atom is -0.336 e. The number of unbranched alkanes of at least 4 members (excludes halogenated alkanes) is 3. The van der Waals surface area contributed by atoms with Crippen LogP contribution in [0.3, 0.4) is 0 Å². The quantitative estimate of drug-likeness (QED) is 0.469. The largest absolute Gasteiger partial charge is 0.336 e. The molecule has 0 bridgehead atoms. The Kier molecular flexibility index (Phi) is 8.06. The summed E-state index contributed by atoms with van der Waals surface area (Å²) in [7, 11) is 0. The van der Waals surface area contributed by atoms with E-state index in [-0.39, 0.29) is 5.91 Å². The van der Waals surface area contributed by atoms with Gasteiger partial charge in [-0.3, -0.25) is 4.79 Å². The van der Waals surface area contributed by atoms with Crippen molar-refractivity contribution < 1.29 is 9.37 Å². The van der Waals surface area contributed by atoms with Crippen LogP contribution in [0.15, 0.2) is 18.2 Å². The third kappa shape index (κ3) is 5.51. The Hall–Kier alpha value is -1.39. The van der Waals surface area contributed by atoms with E-state index in [1.165, 1.54) is 69.9 Å². The van der Waals surface area contributed by atoms with Gasteiger partial charge in [0.1, 0.15) is 13.1 Å². The van der Waals surface area contributed by atoms with Crippen molar-refractivity contribution in [1.82, 2.24) is 10.2 Å². The lowest BCUT2D eigenvalue weighted by Crippen LogP contribution is -2.46. The first-order valence-electron chi connectivity index (χ1n) is 12.6. The lowest BCUT2D eigenvalue weighted by atomic mass is 9.76. The molecule has 0 spiro atoms. The molecule has 4 rings (SSSR count). The van der Waals surface area contributed by atoms with E-state index in [4.69, 9.17) is 11.6 Å². The van der Waals surface area contributed by atoms with Crippen molar-refractivity contribution in [2.75, 3.05) is 39.3 Å². The summed E-state index contributed by atoms with van der Waals surface area (Å²) in [6.07, 6.45) is 11.8. The molecular formula is C26H39ClN3O+. The molecule has 4 nitrogen and oxygen atoms in total. The van der Waals surface area contributed by atoms with Gasteiger partial charge in [-0.05, 0) is 43.4 Å². The van der Waals surface area contributed by atoms with Gasteiger partial charge >= 0.3 is 0 Å². The van der Waals surface area contributed by atoms with E-state index in [1.54, 1.807) is 5.71 Å². The van der Waals surface area contributed by atoms with Gasteiger partial charge < -0.3 is 10.2 Å². The van der Waals surface area contributed by atoms with Gasteiger partial charge in [-0.15, -0.1) is 0 Å². The molecule has 3 aliphatic rings. The predicted octanol–water partition coefficient (Wildman–Crippen LogP) is 5.10. The van der Waals surface area contributed by atoms with Crippen molar-refractivity contribution in [1.29, 1.82) is 0 Å². The predicted molar refractivity (Wildman–Crippen MR) is 129 cm³/mol. The van der Waals surface area contributed by atoms with Crippen LogP contribution in [-0.2, 0) is 0 Å². The van der Waals surface area contributed by atoms with Crippen molar-refractivity contribution in [3.63, 3.8) is 0 Å². The monoisotopic (exact) mass is 444 g/mol. The molecule has 2 fully saturated rings. The number of carbonyl (C=O) groups is 1. The number of halogens is 1. The van der Waals surface area contributed by atoms with E-state index in [0.29, 0.717) is 5.92 Å². The highest BCUT2D eigenvalue weighted by Crippen LogP contribution is 2.38. The smallest absolute Gasteiger partial charge is 0.253 e. The average Bonchev–Trinajstić information content (AvgIpc) is 2.81. The molecule has 1 saturated carbocycles. The van der Waals surface area contributed by atoms with E-state index >= 15 is 0 Å². The second kappa shape index (κ2) is 11.0. The summed E-state index contributed by atoms with van der Waals surface area (Å²) in [5.41, 5.74) is 3.69. The Balaban J connectivity index is 1.49. The molecule has 170 valence electrons. The van der Waals surface area contributed by atoms with Crippen LogP contribution in [0.4, 0.5) is 0 Å². The summed E-state index contributed by atoms with van der Waals surface area (Å²) < 4.78 is 2.71. The molecular weight excluding hydrogens is 406 g/mol. The summed E-state index contributed by atoms with van der Waals surface area (Å²) in [6, 6.07) is 6.08. The summed E-state index contributed by atoms with van der Waals surface area (Å²) in [6.45, 7) is 7.84. The van der Waals surface area contributed by atoms with Gasteiger partial charge in [0.25, 0.3) is 5.91 Å². The van der Waals surface area contributed by atoms with Gasteiger partial charge in [-0.1, -0.05) is 43.9 Å². The van der Waals surface area contributed by atoms with Crippen LogP contribution >= 0.6 is 11.6 Å². The summed E-state index contributed by atoms with van der Waals surface area (Å²) in [5, 5.41) is 4.08. The molecule has 0 radical (unpaired) electrons. The Morgan fingerprint density at radius 3 is 2.77 bits per heavy atom. The van der Waals surface area contributed by atoms with Crippen LogP contribution in [0, 0.1) is 5.92 Å². The molecule has 1 amide bonds. The second-order valence-electron chi connectivity index (χ2n) is 9.65. The Labute approximate surface area is 193 Å². The van der Waals surface area contributed by atoms with Crippen molar-refractivity contribution in [2.45, 2.75) is 70.6 Å². The molecule has 1 N–H and O–H groups in total. The van der Waals surface area contributed by atoms with Gasteiger partial charge in [-0.25, -0.2) is 4.58 Å². The first-order valence-corrected chi connectivity index (χ1v) is 12.9. The number of piperazine rings is 1. The highest BCUT2D eigenvalue weighted by atomic mass is 35.5. The lowest BCUT2D eigenvalue weighted by molar-refractivity contribution is -0.540. The lowest BCUT2D eigenvalue weighted by Gasteiger charge is -2.32. The Morgan fingerprint density at radius 1 is 1.16 bits per heavy atom.